The lowest BCUT2D eigenvalue weighted by atomic mass is 10.1. The van der Waals surface area contributed by atoms with Crippen molar-refractivity contribution in [1.82, 2.24) is 0 Å². The minimum absolute atomic E-state index is 0.0771. The molecule has 1 rings (SSSR count). The van der Waals surface area contributed by atoms with Gasteiger partial charge in [-0.05, 0) is 18.4 Å². The molecule has 0 bridgehead atoms. The fourth-order valence-corrected chi connectivity index (χ4v) is 2.50. The Morgan fingerprint density at radius 3 is 2.65 bits per heavy atom. The van der Waals surface area contributed by atoms with E-state index in [9.17, 15) is 4.21 Å². The Hall–Kier alpha value is -0.530. The fourth-order valence-electron chi connectivity index (χ4n) is 1.27. The smallest absolute Gasteiger partial charge is 0.181 e. The van der Waals surface area contributed by atoms with Gasteiger partial charge in [-0.2, -0.15) is 4.89 Å². The molecule has 6 heteroatoms. The summed E-state index contributed by atoms with van der Waals surface area (Å²) in [7, 11) is -1.34. The van der Waals surface area contributed by atoms with E-state index in [-0.39, 0.29) is 6.79 Å². The highest BCUT2D eigenvalue weighted by molar-refractivity contribution is 8.30. The van der Waals surface area contributed by atoms with Crippen LogP contribution in [-0.2, 0) is 40.3 Å². The largest absolute Gasteiger partial charge is 0.355 e. The van der Waals surface area contributed by atoms with Gasteiger partial charge < -0.3 is 4.74 Å². The molecule has 1 aromatic rings. The first-order valence-corrected chi connectivity index (χ1v) is 7.78. The Morgan fingerprint density at radius 2 is 2.00 bits per heavy atom. The van der Waals surface area contributed by atoms with Crippen molar-refractivity contribution in [3.63, 3.8) is 0 Å². The monoisotopic (exact) mass is 276 g/mol. The molecule has 1 atom stereocenters. The molecule has 0 heterocycles. The summed E-state index contributed by atoms with van der Waals surface area (Å²) in [5.41, 5.74) is 1.19. The second-order valence-electron chi connectivity index (χ2n) is 3.44. The topological polar surface area (TPSA) is 44.8 Å². The Bertz CT molecular complexity index is 403. The van der Waals surface area contributed by atoms with Gasteiger partial charge in [0.25, 0.3) is 0 Å². The molecule has 0 aromatic heterocycles. The van der Waals surface area contributed by atoms with E-state index < -0.39 is 8.77 Å². The van der Waals surface area contributed by atoms with Crippen molar-refractivity contribution in [3.05, 3.63) is 35.9 Å². The number of ether oxygens (including phenoxy) is 1. The number of benzene rings is 1. The van der Waals surface area contributed by atoms with Crippen molar-refractivity contribution in [2.45, 2.75) is 12.8 Å². The zero-order valence-electron chi connectivity index (χ0n) is 9.66. The summed E-state index contributed by atoms with van der Waals surface area (Å²) >= 11 is 4.80. The first-order valence-electron chi connectivity index (χ1n) is 5.21. The molecule has 0 aliphatic carbocycles. The maximum Gasteiger partial charge on any atom is 0.181 e. The Kier molecular flexibility index (Phi) is 6.61. The highest BCUT2D eigenvalue weighted by Crippen LogP contribution is 2.05. The molecule has 0 fully saturated rings. The SMILES string of the molecule is COCOOS(=O)(=S)CCCc1ccccc1. The maximum atomic E-state index is 11.7. The molecule has 0 amide bonds. The van der Waals surface area contributed by atoms with Crippen LogP contribution in [0.5, 0.6) is 0 Å². The molecule has 0 aliphatic heterocycles. The molecule has 0 aliphatic rings. The minimum Gasteiger partial charge on any atom is -0.355 e. The highest BCUT2D eigenvalue weighted by atomic mass is 32.8. The summed E-state index contributed by atoms with van der Waals surface area (Å²) in [6, 6.07) is 9.94. The van der Waals surface area contributed by atoms with E-state index in [4.69, 9.17) is 11.2 Å². The van der Waals surface area contributed by atoms with E-state index >= 15 is 0 Å². The number of hydrogen-bond donors (Lipinski definition) is 0. The van der Waals surface area contributed by atoms with Crippen molar-refractivity contribution in [1.29, 1.82) is 0 Å². The van der Waals surface area contributed by atoms with Crippen LogP contribution < -0.4 is 0 Å². The average Bonchev–Trinajstić information content (AvgIpc) is 2.30. The summed E-state index contributed by atoms with van der Waals surface area (Å²) < 4.78 is 20.9. The quantitative estimate of drug-likeness (QED) is 0.314. The van der Waals surface area contributed by atoms with Crippen LogP contribution in [-0.4, -0.2) is 23.9 Å². The van der Waals surface area contributed by atoms with Crippen LogP contribution in [0.15, 0.2) is 30.3 Å². The zero-order chi connectivity index (χ0) is 12.6. The first-order chi connectivity index (χ1) is 8.14. The Morgan fingerprint density at radius 1 is 1.29 bits per heavy atom. The highest BCUT2D eigenvalue weighted by Gasteiger charge is 2.07. The van der Waals surface area contributed by atoms with Gasteiger partial charge in [-0.25, -0.2) is 4.21 Å². The van der Waals surface area contributed by atoms with Gasteiger partial charge in [-0.3, -0.25) is 0 Å². The van der Waals surface area contributed by atoms with E-state index in [1.54, 1.807) is 0 Å². The molecule has 4 nitrogen and oxygen atoms in total. The third-order valence-electron chi connectivity index (χ3n) is 2.02. The maximum absolute atomic E-state index is 11.7. The lowest BCUT2D eigenvalue weighted by Crippen LogP contribution is -2.11. The van der Waals surface area contributed by atoms with Crippen LogP contribution in [0, 0.1) is 0 Å². The number of rotatable bonds is 8. The second-order valence-corrected chi connectivity index (χ2v) is 6.63. The number of hydrogen-bond acceptors (Lipinski definition) is 5. The van der Waals surface area contributed by atoms with Crippen molar-refractivity contribution in [2.24, 2.45) is 0 Å². The van der Waals surface area contributed by atoms with Gasteiger partial charge in [-0.15, -0.1) is 4.33 Å². The summed E-state index contributed by atoms with van der Waals surface area (Å²) in [6.07, 6.45) is 1.52. The van der Waals surface area contributed by atoms with Crippen LogP contribution in [0.3, 0.4) is 0 Å². The van der Waals surface area contributed by atoms with E-state index in [0.29, 0.717) is 12.2 Å². The number of aryl methyl sites for hydroxylation is 1. The summed E-state index contributed by atoms with van der Waals surface area (Å²) in [4.78, 5) is 4.55. The molecule has 0 radical (unpaired) electrons. The predicted octanol–water partition coefficient (Wildman–Crippen LogP) is 1.83. The number of methoxy groups -OCH3 is 1. The fraction of sp³-hybridized carbons (Fsp3) is 0.455. The normalized spacial score (nSPS) is 14.4. The molecular formula is C11H16O4S2. The molecule has 0 spiro atoms. The molecule has 17 heavy (non-hydrogen) atoms. The van der Waals surface area contributed by atoms with E-state index in [2.05, 4.69) is 14.0 Å². The summed E-state index contributed by atoms with van der Waals surface area (Å²) in [5.74, 6) is 0.293. The van der Waals surface area contributed by atoms with E-state index in [1.807, 2.05) is 30.3 Å². The predicted molar refractivity (Wildman–Crippen MR) is 69.2 cm³/mol. The Balaban J connectivity index is 2.26. The summed E-state index contributed by atoms with van der Waals surface area (Å²) in [5, 5.41) is 0. The van der Waals surface area contributed by atoms with Crippen molar-refractivity contribution >= 4 is 20.0 Å². The van der Waals surface area contributed by atoms with Crippen LogP contribution in [0.4, 0.5) is 0 Å². The van der Waals surface area contributed by atoms with Gasteiger partial charge >= 0.3 is 0 Å². The lowest BCUT2D eigenvalue weighted by Gasteiger charge is -2.06. The molecule has 0 saturated carbocycles. The van der Waals surface area contributed by atoms with E-state index in [0.717, 1.165) is 6.42 Å². The van der Waals surface area contributed by atoms with Crippen molar-refractivity contribution < 1.29 is 18.2 Å². The van der Waals surface area contributed by atoms with Gasteiger partial charge in [0.05, 0.1) is 5.75 Å². The summed E-state index contributed by atoms with van der Waals surface area (Å²) in [6.45, 7) is -0.0771. The standard InChI is InChI=1S/C11H16O4S2/c1-13-10-14-15-17(12,16)9-5-8-11-6-3-2-4-7-11/h2-4,6-7H,5,8-10H2,1H3. The van der Waals surface area contributed by atoms with Gasteiger partial charge in [-0.1, -0.05) is 30.3 Å². The van der Waals surface area contributed by atoms with Crippen LogP contribution >= 0.6 is 0 Å². The van der Waals surface area contributed by atoms with Gasteiger partial charge in [0.1, 0.15) is 0 Å². The van der Waals surface area contributed by atoms with E-state index in [1.165, 1.54) is 12.7 Å². The third-order valence-corrected chi connectivity index (χ3v) is 3.78. The van der Waals surface area contributed by atoms with Gasteiger partial charge in [0.15, 0.2) is 15.6 Å². The Labute approximate surface area is 107 Å². The van der Waals surface area contributed by atoms with Crippen LogP contribution in [0.25, 0.3) is 0 Å². The molecule has 96 valence electrons. The van der Waals surface area contributed by atoms with Crippen LogP contribution in [0.2, 0.25) is 0 Å². The molecule has 0 saturated heterocycles. The molecule has 1 aromatic carbocycles. The lowest BCUT2D eigenvalue weighted by molar-refractivity contribution is -0.253. The molecule has 1 unspecified atom stereocenters. The minimum atomic E-state index is -2.79. The van der Waals surface area contributed by atoms with Gasteiger partial charge in [0, 0.05) is 18.3 Å². The first kappa shape index (κ1) is 14.5. The van der Waals surface area contributed by atoms with Crippen molar-refractivity contribution in [2.75, 3.05) is 19.7 Å². The average molecular weight is 276 g/mol. The van der Waals surface area contributed by atoms with Gasteiger partial charge in [0.2, 0.25) is 0 Å². The molecule has 0 N–H and O–H groups in total. The second kappa shape index (κ2) is 7.73. The zero-order valence-corrected chi connectivity index (χ0v) is 11.3. The molecular weight excluding hydrogens is 260 g/mol. The third kappa shape index (κ3) is 6.70. The van der Waals surface area contributed by atoms with Crippen LogP contribution in [0.1, 0.15) is 12.0 Å². The van der Waals surface area contributed by atoms with Crippen molar-refractivity contribution in [3.8, 4) is 0 Å².